The van der Waals surface area contributed by atoms with E-state index >= 15 is 0 Å². The Kier molecular flexibility index (Phi) is 6.32. The second-order valence-corrected chi connectivity index (χ2v) is 8.63. The average molecular weight is 402 g/mol. The predicted octanol–water partition coefficient (Wildman–Crippen LogP) is 1.95. The van der Waals surface area contributed by atoms with Crippen molar-refractivity contribution >= 4 is 0 Å². The van der Waals surface area contributed by atoms with E-state index in [-0.39, 0.29) is 12.1 Å². The Morgan fingerprint density at radius 1 is 1.17 bits per heavy atom. The molecular formula is C21H35N7O. The molecule has 8 nitrogen and oxygen atoms in total. The number of aromatic nitrogens is 5. The van der Waals surface area contributed by atoms with Crippen LogP contribution in [0.25, 0.3) is 0 Å². The minimum atomic E-state index is 0.201. The largest absolute Gasteiger partial charge is 0.379 e. The number of aryl methyl sites for hydroxylation is 1. The van der Waals surface area contributed by atoms with Gasteiger partial charge in [0.25, 0.3) is 0 Å². The Hall–Kier alpha value is -1.77. The Labute approximate surface area is 173 Å². The average Bonchev–Trinajstić information content (AvgIpc) is 3.45. The van der Waals surface area contributed by atoms with E-state index in [0.717, 1.165) is 63.6 Å². The van der Waals surface area contributed by atoms with E-state index < -0.39 is 0 Å². The molecule has 160 valence electrons. The van der Waals surface area contributed by atoms with Crippen LogP contribution in [-0.4, -0.2) is 73.7 Å². The van der Waals surface area contributed by atoms with Gasteiger partial charge in [-0.3, -0.25) is 9.80 Å². The third kappa shape index (κ3) is 4.39. The van der Waals surface area contributed by atoms with Gasteiger partial charge < -0.3 is 9.30 Å². The molecule has 4 atom stereocenters. The molecule has 0 spiro atoms. The third-order valence-corrected chi connectivity index (χ3v) is 6.93. The maximum absolute atomic E-state index is 5.93. The highest BCUT2D eigenvalue weighted by molar-refractivity contribution is 5.00. The van der Waals surface area contributed by atoms with E-state index in [1.807, 2.05) is 19.5 Å². The first kappa shape index (κ1) is 20.5. The lowest BCUT2D eigenvalue weighted by atomic mass is 9.77. The summed E-state index contributed by atoms with van der Waals surface area (Å²) in [4.78, 5) is 9.42. The molecule has 29 heavy (non-hydrogen) atoms. The standard InChI is InChI=1S/C21H35N7O/c1-5-26(6-2)13-18-14-28(24-23-18)19-9-16-11-27(12-17(16)10-20(19)29-4)15-21-22-7-8-25(21)3/h7-8,14,16-17,19-20H,5-6,9-13,15H2,1-4H3/t16-,17+,19-,20-/m1/s1. The van der Waals surface area contributed by atoms with Gasteiger partial charge in [0, 0.05) is 46.2 Å². The fraction of sp³-hybridized carbons (Fsp3) is 0.762. The molecule has 0 bridgehead atoms. The van der Waals surface area contributed by atoms with Crippen LogP contribution in [0.3, 0.4) is 0 Å². The highest BCUT2D eigenvalue weighted by Crippen LogP contribution is 2.42. The number of hydrogen-bond acceptors (Lipinski definition) is 6. The summed E-state index contributed by atoms with van der Waals surface area (Å²) in [6, 6.07) is 0.271. The van der Waals surface area contributed by atoms with E-state index in [0.29, 0.717) is 11.8 Å². The van der Waals surface area contributed by atoms with E-state index in [1.165, 1.54) is 0 Å². The fourth-order valence-electron chi connectivity index (χ4n) is 5.12. The molecule has 2 aliphatic rings. The molecule has 1 aliphatic carbocycles. The number of likely N-dealkylation sites (tertiary alicyclic amines) is 1. The summed E-state index contributed by atoms with van der Waals surface area (Å²) in [6.07, 6.45) is 8.44. The summed E-state index contributed by atoms with van der Waals surface area (Å²) in [5.41, 5.74) is 1.05. The van der Waals surface area contributed by atoms with Gasteiger partial charge in [0.1, 0.15) is 5.82 Å². The quantitative estimate of drug-likeness (QED) is 0.674. The molecule has 1 aliphatic heterocycles. The molecule has 1 saturated heterocycles. The molecule has 0 amide bonds. The maximum atomic E-state index is 5.93. The first-order chi connectivity index (χ1) is 14.1. The Balaban J connectivity index is 1.42. The summed E-state index contributed by atoms with van der Waals surface area (Å²) in [6.45, 7) is 10.5. The molecule has 8 heteroatoms. The fourth-order valence-corrected chi connectivity index (χ4v) is 5.12. The summed E-state index contributed by atoms with van der Waals surface area (Å²) in [7, 11) is 3.91. The van der Waals surface area contributed by atoms with Crippen molar-refractivity contribution in [2.24, 2.45) is 18.9 Å². The number of imidazole rings is 1. The summed E-state index contributed by atoms with van der Waals surface area (Å²) >= 11 is 0. The van der Waals surface area contributed by atoms with E-state index in [9.17, 15) is 0 Å². The SMILES string of the molecule is CCN(CC)Cc1cn([C@@H]2C[C@@H]3CN(Cc4nccn4C)C[C@@H]3C[C@H]2OC)nn1. The Bertz CT molecular complexity index is 784. The van der Waals surface area contributed by atoms with Gasteiger partial charge in [-0.05, 0) is 37.8 Å². The molecule has 1 saturated carbocycles. The second kappa shape index (κ2) is 8.93. The van der Waals surface area contributed by atoms with Crippen molar-refractivity contribution in [3.8, 4) is 0 Å². The monoisotopic (exact) mass is 401 g/mol. The van der Waals surface area contributed by atoms with E-state index in [4.69, 9.17) is 4.74 Å². The molecule has 4 rings (SSSR count). The molecule has 0 aromatic carbocycles. The number of ether oxygens (including phenoxy) is 1. The van der Waals surface area contributed by atoms with Gasteiger partial charge in [-0.15, -0.1) is 5.10 Å². The van der Waals surface area contributed by atoms with Crippen LogP contribution in [0.5, 0.6) is 0 Å². The van der Waals surface area contributed by atoms with Crippen molar-refractivity contribution in [2.75, 3.05) is 33.3 Å². The summed E-state index contributed by atoms with van der Waals surface area (Å²) < 4.78 is 10.1. The van der Waals surface area contributed by atoms with Gasteiger partial charge in [0.2, 0.25) is 0 Å². The van der Waals surface area contributed by atoms with Crippen LogP contribution in [-0.2, 0) is 24.9 Å². The van der Waals surface area contributed by atoms with Gasteiger partial charge in [-0.25, -0.2) is 9.67 Å². The zero-order chi connectivity index (χ0) is 20.4. The van der Waals surface area contributed by atoms with Crippen LogP contribution in [0.15, 0.2) is 18.6 Å². The molecule has 0 N–H and O–H groups in total. The van der Waals surface area contributed by atoms with Gasteiger partial charge in [0.15, 0.2) is 0 Å². The zero-order valence-electron chi connectivity index (χ0n) is 18.2. The summed E-state index contributed by atoms with van der Waals surface area (Å²) in [5.74, 6) is 2.51. The van der Waals surface area contributed by atoms with Gasteiger partial charge in [0.05, 0.1) is 30.6 Å². The van der Waals surface area contributed by atoms with Crippen molar-refractivity contribution in [1.82, 2.24) is 34.3 Å². The van der Waals surface area contributed by atoms with Crippen molar-refractivity contribution in [3.63, 3.8) is 0 Å². The highest BCUT2D eigenvalue weighted by atomic mass is 16.5. The van der Waals surface area contributed by atoms with E-state index in [2.05, 4.69) is 61.4 Å². The number of methoxy groups -OCH3 is 1. The summed E-state index contributed by atoms with van der Waals surface area (Å²) in [5, 5.41) is 8.95. The number of fused-ring (bicyclic) bond motifs is 1. The normalized spacial score (nSPS) is 27.6. The van der Waals surface area contributed by atoms with Crippen LogP contribution in [0.4, 0.5) is 0 Å². The minimum Gasteiger partial charge on any atom is -0.379 e. The molecule has 0 radical (unpaired) electrons. The molecule has 2 aromatic heterocycles. The Morgan fingerprint density at radius 3 is 2.59 bits per heavy atom. The molecule has 0 unspecified atom stereocenters. The highest BCUT2D eigenvalue weighted by Gasteiger charge is 2.43. The van der Waals surface area contributed by atoms with Crippen molar-refractivity contribution < 1.29 is 4.74 Å². The van der Waals surface area contributed by atoms with Crippen molar-refractivity contribution in [1.29, 1.82) is 0 Å². The van der Waals surface area contributed by atoms with Crippen LogP contribution < -0.4 is 0 Å². The Morgan fingerprint density at radius 2 is 1.93 bits per heavy atom. The van der Waals surface area contributed by atoms with Gasteiger partial charge >= 0.3 is 0 Å². The number of rotatable bonds is 8. The number of hydrogen-bond donors (Lipinski definition) is 0. The van der Waals surface area contributed by atoms with Crippen LogP contribution in [0.1, 0.15) is 44.2 Å². The molecular weight excluding hydrogens is 366 g/mol. The molecule has 2 aromatic rings. The number of nitrogens with zero attached hydrogens (tertiary/aromatic N) is 7. The second-order valence-electron chi connectivity index (χ2n) is 8.63. The van der Waals surface area contributed by atoms with Crippen molar-refractivity contribution in [3.05, 3.63) is 30.1 Å². The lowest BCUT2D eigenvalue weighted by Gasteiger charge is -2.37. The van der Waals surface area contributed by atoms with E-state index in [1.54, 1.807) is 0 Å². The minimum absolute atomic E-state index is 0.201. The van der Waals surface area contributed by atoms with Crippen molar-refractivity contribution in [2.45, 2.75) is 51.9 Å². The lowest BCUT2D eigenvalue weighted by molar-refractivity contribution is -0.00547. The van der Waals surface area contributed by atoms with Crippen LogP contribution in [0, 0.1) is 11.8 Å². The van der Waals surface area contributed by atoms with Crippen LogP contribution >= 0.6 is 0 Å². The third-order valence-electron chi connectivity index (χ3n) is 6.93. The molecule has 3 heterocycles. The van der Waals surface area contributed by atoms with Gasteiger partial charge in [-0.1, -0.05) is 19.1 Å². The first-order valence-corrected chi connectivity index (χ1v) is 11.0. The lowest BCUT2D eigenvalue weighted by Crippen LogP contribution is -2.37. The zero-order valence-corrected chi connectivity index (χ0v) is 18.2. The molecule has 2 fully saturated rings. The van der Waals surface area contributed by atoms with Gasteiger partial charge in [-0.2, -0.15) is 0 Å². The topological polar surface area (TPSA) is 64.2 Å². The van der Waals surface area contributed by atoms with Crippen LogP contribution in [0.2, 0.25) is 0 Å². The maximum Gasteiger partial charge on any atom is 0.122 e. The first-order valence-electron chi connectivity index (χ1n) is 11.0. The smallest absolute Gasteiger partial charge is 0.122 e. The predicted molar refractivity (Wildman–Crippen MR) is 111 cm³/mol.